The average molecular weight is 530 g/mol. The van der Waals surface area contributed by atoms with Crippen LogP contribution in [0, 0.1) is 46.3 Å². The Morgan fingerprint density at radius 3 is 2.47 bits per heavy atom. The van der Waals surface area contributed by atoms with E-state index in [1.165, 1.54) is 44.9 Å². The van der Waals surface area contributed by atoms with Crippen LogP contribution in [-0.4, -0.2) is 77.5 Å². The smallest absolute Gasteiger partial charge is 0.222 e. The summed E-state index contributed by atoms with van der Waals surface area (Å²) in [6.45, 7) is 16.9. The summed E-state index contributed by atoms with van der Waals surface area (Å²) in [5, 5.41) is 19.9. The second-order valence-electron chi connectivity index (χ2n) is 14.9. The SMILES string of the molecule is C=CC[N+]1(CCO)CCN(C(=O)CCC(C)[C@H]2CCC3C4CCC5C[C@H](O)CC[C@]5(C)C4CC[C@@]32C)CC1. The van der Waals surface area contributed by atoms with Crippen molar-refractivity contribution in [3.8, 4) is 0 Å². The fraction of sp³-hybridized carbons (Fsp3) is 0.909. The van der Waals surface area contributed by atoms with E-state index >= 15 is 0 Å². The average Bonchev–Trinajstić information content (AvgIpc) is 3.25. The Morgan fingerprint density at radius 2 is 1.76 bits per heavy atom. The van der Waals surface area contributed by atoms with Crippen LogP contribution in [0.15, 0.2) is 12.7 Å². The molecule has 0 aromatic heterocycles. The van der Waals surface area contributed by atoms with Gasteiger partial charge in [-0.2, -0.15) is 0 Å². The molecule has 4 saturated carbocycles. The quantitative estimate of drug-likeness (QED) is 0.333. The van der Waals surface area contributed by atoms with Gasteiger partial charge in [-0.3, -0.25) is 4.79 Å². The van der Waals surface area contributed by atoms with Crippen molar-refractivity contribution in [3.05, 3.63) is 12.7 Å². The third kappa shape index (κ3) is 5.02. The molecule has 4 aliphatic carbocycles. The van der Waals surface area contributed by atoms with Crippen LogP contribution in [0.4, 0.5) is 0 Å². The second kappa shape index (κ2) is 11.2. The molecule has 216 valence electrons. The number of aliphatic hydroxyl groups excluding tert-OH is 2. The van der Waals surface area contributed by atoms with Crippen molar-refractivity contribution in [2.24, 2.45) is 46.3 Å². The molecular weight excluding hydrogens is 472 g/mol. The molecule has 5 aliphatic rings. The summed E-state index contributed by atoms with van der Waals surface area (Å²) in [5.41, 5.74) is 0.894. The van der Waals surface area contributed by atoms with Crippen molar-refractivity contribution in [3.63, 3.8) is 0 Å². The van der Waals surface area contributed by atoms with Crippen LogP contribution >= 0.6 is 0 Å². The molecule has 1 amide bonds. The molecule has 0 spiro atoms. The van der Waals surface area contributed by atoms with Crippen molar-refractivity contribution in [2.45, 2.75) is 97.5 Å². The Kier molecular flexibility index (Phi) is 8.41. The van der Waals surface area contributed by atoms with Crippen molar-refractivity contribution >= 4 is 5.91 Å². The highest BCUT2D eigenvalue weighted by Gasteiger charge is 2.60. The number of hydrogen-bond donors (Lipinski definition) is 2. The summed E-state index contributed by atoms with van der Waals surface area (Å²) >= 11 is 0. The van der Waals surface area contributed by atoms with E-state index in [2.05, 4.69) is 32.3 Å². The molecule has 2 N–H and O–H groups in total. The maximum atomic E-state index is 13.2. The standard InChI is InChI=1S/C33H57N2O3/c1-5-18-35(21-22-36)19-16-34(17-20-35)31(38)11-6-24(2)28-9-10-29-27-8-7-25-23-26(37)12-14-32(25,3)30(27)13-15-33(28,29)4/h5,24-30,36-37H,1,6-23H2,2-4H3/q+1/t24?,25?,26-,27?,28-,29?,30?,32+,33-/m1/s1. The van der Waals surface area contributed by atoms with E-state index in [0.717, 1.165) is 92.6 Å². The molecule has 5 heteroatoms. The van der Waals surface area contributed by atoms with Crippen LogP contribution < -0.4 is 0 Å². The van der Waals surface area contributed by atoms with Gasteiger partial charge in [0.15, 0.2) is 0 Å². The first kappa shape index (κ1) is 28.6. The maximum Gasteiger partial charge on any atom is 0.222 e. The molecule has 5 unspecified atom stereocenters. The third-order valence-electron chi connectivity index (χ3n) is 13.3. The lowest BCUT2D eigenvalue weighted by Crippen LogP contribution is -2.61. The summed E-state index contributed by atoms with van der Waals surface area (Å²) in [7, 11) is 0. The summed E-state index contributed by atoms with van der Waals surface area (Å²) in [6, 6.07) is 0. The molecule has 5 rings (SSSR count). The molecular formula is C33H57N2O3+. The lowest BCUT2D eigenvalue weighted by molar-refractivity contribution is -0.926. The monoisotopic (exact) mass is 529 g/mol. The maximum absolute atomic E-state index is 13.2. The molecule has 1 saturated heterocycles. The Bertz CT molecular complexity index is 853. The normalized spacial score (nSPS) is 43.0. The van der Waals surface area contributed by atoms with Crippen LogP contribution in [0.1, 0.15) is 91.4 Å². The number of piperazine rings is 1. The van der Waals surface area contributed by atoms with Gasteiger partial charge in [-0.1, -0.05) is 27.4 Å². The minimum absolute atomic E-state index is 0.0582. The summed E-state index contributed by atoms with van der Waals surface area (Å²) in [5.74, 6) is 5.03. The van der Waals surface area contributed by atoms with Crippen molar-refractivity contribution in [2.75, 3.05) is 45.9 Å². The highest BCUT2D eigenvalue weighted by Crippen LogP contribution is 2.68. The molecule has 38 heavy (non-hydrogen) atoms. The topological polar surface area (TPSA) is 60.8 Å². The van der Waals surface area contributed by atoms with Gasteiger partial charge in [-0.25, -0.2) is 0 Å². The van der Waals surface area contributed by atoms with E-state index in [1.807, 2.05) is 6.08 Å². The Morgan fingerprint density at radius 1 is 1.05 bits per heavy atom. The number of aliphatic hydroxyl groups is 2. The van der Waals surface area contributed by atoms with E-state index in [0.29, 0.717) is 29.1 Å². The van der Waals surface area contributed by atoms with Gasteiger partial charge < -0.3 is 19.6 Å². The number of nitrogens with zero attached hydrogens (tertiary/aromatic N) is 2. The Balaban J connectivity index is 1.16. The zero-order chi connectivity index (χ0) is 27.1. The number of hydrogen-bond acceptors (Lipinski definition) is 3. The van der Waals surface area contributed by atoms with Crippen molar-refractivity contribution in [1.82, 2.24) is 4.90 Å². The first-order valence-electron chi connectivity index (χ1n) is 16.2. The van der Waals surface area contributed by atoms with Gasteiger partial charge in [0.2, 0.25) is 5.91 Å². The first-order valence-corrected chi connectivity index (χ1v) is 16.2. The molecule has 0 aromatic carbocycles. The van der Waals surface area contributed by atoms with E-state index in [9.17, 15) is 15.0 Å². The van der Waals surface area contributed by atoms with E-state index in [4.69, 9.17) is 0 Å². The molecule has 5 fully saturated rings. The number of fused-ring (bicyclic) bond motifs is 5. The highest BCUT2D eigenvalue weighted by atomic mass is 16.3. The van der Waals surface area contributed by atoms with Gasteiger partial charge in [-0.15, -0.1) is 0 Å². The fourth-order valence-corrected chi connectivity index (χ4v) is 11.0. The van der Waals surface area contributed by atoms with Gasteiger partial charge in [0.25, 0.3) is 0 Å². The van der Waals surface area contributed by atoms with Gasteiger partial charge in [0, 0.05) is 6.42 Å². The van der Waals surface area contributed by atoms with Gasteiger partial charge in [0.1, 0.15) is 6.54 Å². The Hall–Kier alpha value is -0.910. The minimum Gasteiger partial charge on any atom is -0.393 e. The summed E-state index contributed by atoms with van der Waals surface area (Å²) in [6.07, 6.45) is 15.1. The van der Waals surface area contributed by atoms with Crippen molar-refractivity contribution in [1.29, 1.82) is 0 Å². The number of rotatable bonds is 8. The van der Waals surface area contributed by atoms with E-state index < -0.39 is 0 Å². The predicted molar refractivity (Wildman–Crippen MR) is 153 cm³/mol. The molecule has 0 aromatic rings. The highest BCUT2D eigenvalue weighted by molar-refractivity contribution is 5.76. The largest absolute Gasteiger partial charge is 0.393 e. The second-order valence-corrected chi connectivity index (χ2v) is 14.9. The first-order chi connectivity index (χ1) is 18.2. The third-order valence-corrected chi connectivity index (χ3v) is 13.3. The number of quaternary nitrogens is 1. The van der Waals surface area contributed by atoms with Crippen molar-refractivity contribution < 1.29 is 19.5 Å². The predicted octanol–water partition coefficient (Wildman–Crippen LogP) is 5.26. The van der Waals surface area contributed by atoms with Gasteiger partial charge >= 0.3 is 0 Å². The van der Waals surface area contributed by atoms with Gasteiger partial charge in [-0.05, 0) is 117 Å². The number of amides is 1. The molecule has 0 radical (unpaired) electrons. The van der Waals surface area contributed by atoms with Crippen LogP contribution in [0.2, 0.25) is 0 Å². The van der Waals surface area contributed by atoms with Crippen LogP contribution in [0.5, 0.6) is 0 Å². The minimum atomic E-state index is -0.0582. The number of carbonyl (C=O) groups is 1. The lowest BCUT2D eigenvalue weighted by Gasteiger charge is -2.61. The zero-order valence-electron chi connectivity index (χ0n) is 24.8. The molecule has 9 atom stereocenters. The summed E-state index contributed by atoms with van der Waals surface area (Å²) < 4.78 is 0.866. The van der Waals surface area contributed by atoms with Gasteiger partial charge in [0.05, 0.1) is 45.4 Å². The zero-order valence-corrected chi connectivity index (χ0v) is 24.8. The number of carbonyl (C=O) groups excluding carboxylic acids is 1. The lowest BCUT2D eigenvalue weighted by atomic mass is 9.44. The molecule has 1 heterocycles. The van der Waals surface area contributed by atoms with E-state index in [-0.39, 0.29) is 12.7 Å². The van der Waals surface area contributed by atoms with E-state index in [1.54, 1.807) is 0 Å². The van der Waals surface area contributed by atoms with Crippen LogP contribution in [0.3, 0.4) is 0 Å². The van der Waals surface area contributed by atoms with Crippen LogP contribution in [0.25, 0.3) is 0 Å². The Labute approximate surface area is 232 Å². The van der Waals surface area contributed by atoms with Crippen LogP contribution in [-0.2, 0) is 4.79 Å². The summed E-state index contributed by atoms with van der Waals surface area (Å²) in [4.78, 5) is 15.3. The molecule has 1 aliphatic heterocycles. The molecule has 0 bridgehead atoms. The molecule has 5 nitrogen and oxygen atoms in total. The fourth-order valence-electron chi connectivity index (χ4n) is 11.0.